The maximum atomic E-state index is 12.3. The lowest BCUT2D eigenvalue weighted by atomic mass is 10.1. The van der Waals surface area contributed by atoms with Crippen LogP contribution in [0.15, 0.2) is 47.4 Å². The molecule has 0 aliphatic rings. The average Bonchev–Trinajstić information content (AvgIpc) is 2.46. The molecule has 2 N–H and O–H groups in total. The lowest BCUT2D eigenvalue weighted by Gasteiger charge is -2.11. The highest BCUT2D eigenvalue weighted by molar-refractivity contribution is 7.92. The monoisotopic (exact) mass is 325 g/mol. The maximum absolute atomic E-state index is 12.3. The Bertz CT molecular complexity index is 744. The number of anilines is 1. The SMILES string of the molecule is CCc1ccc(S(=O)(=O)Nc2cccc(Cl)c2)cc1CO. The molecule has 0 saturated heterocycles. The van der Waals surface area contributed by atoms with Gasteiger partial charge in [-0.05, 0) is 47.9 Å². The van der Waals surface area contributed by atoms with Crippen molar-refractivity contribution >= 4 is 27.3 Å². The molecule has 21 heavy (non-hydrogen) atoms. The van der Waals surface area contributed by atoms with Gasteiger partial charge in [0.25, 0.3) is 10.0 Å². The lowest BCUT2D eigenvalue weighted by Crippen LogP contribution is -2.13. The van der Waals surface area contributed by atoms with Crippen molar-refractivity contribution in [1.82, 2.24) is 0 Å². The number of sulfonamides is 1. The predicted octanol–water partition coefficient (Wildman–Crippen LogP) is 3.20. The Balaban J connectivity index is 2.35. The third kappa shape index (κ3) is 3.75. The minimum absolute atomic E-state index is 0.115. The van der Waals surface area contributed by atoms with Gasteiger partial charge in [-0.2, -0.15) is 0 Å². The fourth-order valence-corrected chi connectivity index (χ4v) is 3.32. The molecule has 0 fully saturated rings. The Labute approximate surface area is 129 Å². The largest absolute Gasteiger partial charge is 0.392 e. The number of rotatable bonds is 5. The van der Waals surface area contributed by atoms with Gasteiger partial charge in [-0.3, -0.25) is 4.72 Å². The second kappa shape index (κ2) is 6.47. The first-order valence-corrected chi connectivity index (χ1v) is 8.33. The van der Waals surface area contributed by atoms with Crippen molar-refractivity contribution in [2.24, 2.45) is 0 Å². The molecule has 4 nitrogen and oxygen atoms in total. The predicted molar refractivity (Wildman–Crippen MR) is 84.0 cm³/mol. The van der Waals surface area contributed by atoms with E-state index in [4.69, 9.17) is 11.6 Å². The number of benzene rings is 2. The van der Waals surface area contributed by atoms with Crippen LogP contribution in [-0.4, -0.2) is 13.5 Å². The molecule has 0 saturated carbocycles. The van der Waals surface area contributed by atoms with Gasteiger partial charge in [0, 0.05) is 5.02 Å². The maximum Gasteiger partial charge on any atom is 0.261 e. The molecule has 0 heterocycles. The molecule has 0 atom stereocenters. The van der Waals surface area contributed by atoms with E-state index in [0.717, 1.165) is 12.0 Å². The van der Waals surface area contributed by atoms with Crippen molar-refractivity contribution in [3.05, 3.63) is 58.6 Å². The van der Waals surface area contributed by atoms with Crippen LogP contribution in [0.4, 0.5) is 5.69 Å². The van der Waals surface area contributed by atoms with Gasteiger partial charge in [0.05, 0.1) is 17.2 Å². The van der Waals surface area contributed by atoms with Crippen molar-refractivity contribution in [3.8, 4) is 0 Å². The topological polar surface area (TPSA) is 66.4 Å². The Hall–Kier alpha value is -1.56. The molecular formula is C15H16ClNO3S. The molecule has 0 aliphatic carbocycles. The van der Waals surface area contributed by atoms with Crippen LogP contribution in [0.1, 0.15) is 18.1 Å². The first-order valence-electron chi connectivity index (χ1n) is 6.47. The van der Waals surface area contributed by atoms with Gasteiger partial charge < -0.3 is 5.11 Å². The number of aliphatic hydroxyl groups is 1. The second-order valence-electron chi connectivity index (χ2n) is 4.56. The molecule has 0 spiro atoms. The van der Waals surface area contributed by atoms with Crippen LogP contribution >= 0.6 is 11.6 Å². The van der Waals surface area contributed by atoms with E-state index in [1.165, 1.54) is 18.2 Å². The van der Waals surface area contributed by atoms with Crippen LogP contribution in [0.5, 0.6) is 0 Å². The Morgan fingerprint density at radius 2 is 1.90 bits per heavy atom. The summed E-state index contributed by atoms with van der Waals surface area (Å²) in [5, 5.41) is 9.78. The quantitative estimate of drug-likeness (QED) is 0.887. The van der Waals surface area contributed by atoms with Crippen LogP contribution in [0.2, 0.25) is 5.02 Å². The summed E-state index contributed by atoms with van der Waals surface area (Å²) in [5.74, 6) is 0. The van der Waals surface area contributed by atoms with E-state index in [1.807, 2.05) is 6.92 Å². The molecule has 112 valence electrons. The Morgan fingerprint density at radius 3 is 2.52 bits per heavy atom. The smallest absolute Gasteiger partial charge is 0.261 e. The summed E-state index contributed by atoms with van der Waals surface area (Å²) >= 11 is 5.84. The van der Waals surface area contributed by atoms with Gasteiger partial charge in [-0.15, -0.1) is 0 Å². The van der Waals surface area contributed by atoms with Crippen LogP contribution in [0, 0.1) is 0 Å². The summed E-state index contributed by atoms with van der Waals surface area (Å²) in [4.78, 5) is 0.115. The molecule has 0 unspecified atom stereocenters. The summed E-state index contributed by atoms with van der Waals surface area (Å²) in [5.41, 5.74) is 1.94. The van der Waals surface area contributed by atoms with Crippen molar-refractivity contribution in [1.29, 1.82) is 0 Å². The summed E-state index contributed by atoms with van der Waals surface area (Å²) < 4.78 is 27.2. The van der Waals surface area contributed by atoms with Crippen molar-refractivity contribution in [2.45, 2.75) is 24.8 Å². The number of hydrogen-bond acceptors (Lipinski definition) is 3. The second-order valence-corrected chi connectivity index (χ2v) is 6.68. The highest BCUT2D eigenvalue weighted by Gasteiger charge is 2.16. The van der Waals surface area contributed by atoms with Crippen molar-refractivity contribution < 1.29 is 13.5 Å². The van der Waals surface area contributed by atoms with Gasteiger partial charge in [0.2, 0.25) is 0 Å². The van der Waals surface area contributed by atoms with E-state index in [9.17, 15) is 13.5 Å². The van der Waals surface area contributed by atoms with E-state index in [-0.39, 0.29) is 11.5 Å². The normalized spacial score (nSPS) is 11.4. The third-order valence-corrected chi connectivity index (χ3v) is 4.73. The lowest BCUT2D eigenvalue weighted by molar-refractivity contribution is 0.280. The minimum atomic E-state index is -3.71. The first-order chi connectivity index (χ1) is 9.96. The number of nitrogens with one attached hydrogen (secondary N) is 1. The zero-order valence-corrected chi connectivity index (χ0v) is 13.1. The van der Waals surface area contributed by atoms with Crippen LogP contribution < -0.4 is 4.72 Å². The summed E-state index contributed by atoms with van der Waals surface area (Å²) in [6.45, 7) is 1.76. The standard InChI is InChI=1S/C15H16ClNO3S/c1-2-11-6-7-15(8-12(11)10-18)21(19,20)17-14-5-3-4-13(16)9-14/h3-9,17-18H,2,10H2,1H3. The Kier molecular flexibility index (Phi) is 4.88. The summed E-state index contributed by atoms with van der Waals surface area (Å²) in [6.07, 6.45) is 0.734. The fraction of sp³-hybridized carbons (Fsp3) is 0.200. The number of halogens is 1. The van der Waals surface area contributed by atoms with E-state index >= 15 is 0 Å². The van der Waals surface area contributed by atoms with E-state index in [2.05, 4.69) is 4.72 Å². The Morgan fingerprint density at radius 1 is 1.14 bits per heavy atom. The van der Waals surface area contributed by atoms with Gasteiger partial charge in [0.1, 0.15) is 0 Å². The van der Waals surface area contributed by atoms with Crippen LogP contribution in [0.3, 0.4) is 0 Å². The zero-order valence-electron chi connectivity index (χ0n) is 11.5. The fourth-order valence-electron chi connectivity index (χ4n) is 2.03. The molecule has 0 aromatic heterocycles. The number of aryl methyl sites for hydroxylation is 1. The summed E-state index contributed by atoms with van der Waals surface area (Å²) in [6, 6.07) is 11.2. The molecule has 2 aromatic carbocycles. The first kappa shape index (κ1) is 15.8. The highest BCUT2D eigenvalue weighted by Crippen LogP contribution is 2.21. The molecular weight excluding hydrogens is 310 g/mol. The number of aliphatic hydroxyl groups excluding tert-OH is 1. The molecule has 0 amide bonds. The highest BCUT2D eigenvalue weighted by atomic mass is 35.5. The zero-order chi connectivity index (χ0) is 15.5. The van der Waals surface area contributed by atoms with Crippen LogP contribution in [-0.2, 0) is 23.1 Å². The number of hydrogen-bond donors (Lipinski definition) is 2. The minimum Gasteiger partial charge on any atom is -0.392 e. The van der Waals surface area contributed by atoms with E-state index in [1.54, 1.807) is 24.3 Å². The molecule has 0 bridgehead atoms. The van der Waals surface area contributed by atoms with Gasteiger partial charge in [-0.1, -0.05) is 30.7 Å². The molecule has 6 heteroatoms. The molecule has 2 aromatic rings. The van der Waals surface area contributed by atoms with Gasteiger partial charge in [-0.25, -0.2) is 8.42 Å². The third-order valence-electron chi connectivity index (χ3n) is 3.12. The van der Waals surface area contributed by atoms with E-state index in [0.29, 0.717) is 16.3 Å². The van der Waals surface area contributed by atoms with Crippen molar-refractivity contribution in [3.63, 3.8) is 0 Å². The van der Waals surface area contributed by atoms with Crippen molar-refractivity contribution in [2.75, 3.05) is 4.72 Å². The van der Waals surface area contributed by atoms with Crippen LogP contribution in [0.25, 0.3) is 0 Å². The molecule has 2 rings (SSSR count). The summed E-state index contributed by atoms with van der Waals surface area (Å²) in [7, 11) is -3.71. The van der Waals surface area contributed by atoms with Gasteiger partial charge in [0.15, 0.2) is 0 Å². The van der Waals surface area contributed by atoms with Gasteiger partial charge >= 0.3 is 0 Å². The molecule has 0 aliphatic heterocycles. The van der Waals surface area contributed by atoms with E-state index < -0.39 is 10.0 Å². The average molecular weight is 326 g/mol. The molecule has 0 radical (unpaired) electrons.